The van der Waals surface area contributed by atoms with E-state index in [1.165, 1.54) is 0 Å². The maximum absolute atomic E-state index is 9.72. The largest absolute Gasteiger partial charge is 0.389 e. The smallest absolute Gasteiger partial charge is 0.0718 e. The van der Waals surface area contributed by atoms with Crippen molar-refractivity contribution in [3.8, 4) is 0 Å². The van der Waals surface area contributed by atoms with Crippen molar-refractivity contribution in [2.75, 3.05) is 20.1 Å². The van der Waals surface area contributed by atoms with Crippen LogP contribution in [-0.2, 0) is 0 Å². The van der Waals surface area contributed by atoms with E-state index in [1.54, 1.807) is 0 Å². The van der Waals surface area contributed by atoms with Gasteiger partial charge in [0.15, 0.2) is 0 Å². The van der Waals surface area contributed by atoms with E-state index in [4.69, 9.17) is 5.73 Å². The van der Waals surface area contributed by atoms with Gasteiger partial charge in [-0.25, -0.2) is 0 Å². The summed E-state index contributed by atoms with van der Waals surface area (Å²) in [6.45, 7) is 5.16. The minimum absolute atomic E-state index is 0.0438. The number of hydrogen-bond acceptors (Lipinski definition) is 3. The second kappa shape index (κ2) is 6.66. The molecule has 0 saturated carbocycles. The Bertz CT molecular complexity index is 359. The topological polar surface area (TPSA) is 49.5 Å². The van der Waals surface area contributed by atoms with Crippen LogP contribution in [0.2, 0.25) is 0 Å². The average molecular weight is 315 g/mol. The molecule has 1 atom stereocenters. The zero-order valence-corrected chi connectivity index (χ0v) is 12.9. The third kappa shape index (κ3) is 5.96. The van der Waals surface area contributed by atoms with Gasteiger partial charge in [-0.1, -0.05) is 28.1 Å². The minimum atomic E-state index is -0.656. The standard InChI is InChI=1S/C14H23BrN2O/c1-14(2,18)10-17(3)9-8-13(16)11-4-6-12(15)7-5-11/h4-7,13,18H,8-10,16H2,1-3H3. The summed E-state index contributed by atoms with van der Waals surface area (Å²) in [6, 6.07) is 8.16. The molecule has 0 saturated heterocycles. The first kappa shape index (κ1) is 15.6. The molecule has 0 aliphatic heterocycles. The molecule has 0 aliphatic carbocycles. The molecule has 0 heterocycles. The highest BCUT2D eigenvalue weighted by Gasteiger charge is 2.16. The Kier molecular flexibility index (Phi) is 5.79. The fraction of sp³-hybridized carbons (Fsp3) is 0.571. The summed E-state index contributed by atoms with van der Waals surface area (Å²) < 4.78 is 1.07. The lowest BCUT2D eigenvalue weighted by atomic mass is 10.0. The Morgan fingerprint density at radius 1 is 1.33 bits per heavy atom. The highest BCUT2D eigenvalue weighted by atomic mass is 79.9. The van der Waals surface area contributed by atoms with Gasteiger partial charge >= 0.3 is 0 Å². The maximum atomic E-state index is 9.72. The van der Waals surface area contributed by atoms with Gasteiger partial charge in [0.2, 0.25) is 0 Å². The van der Waals surface area contributed by atoms with E-state index in [0.29, 0.717) is 6.54 Å². The summed E-state index contributed by atoms with van der Waals surface area (Å²) in [5.41, 5.74) is 6.64. The zero-order chi connectivity index (χ0) is 13.8. The van der Waals surface area contributed by atoms with E-state index in [2.05, 4.69) is 20.8 Å². The summed E-state index contributed by atoms with van der Waals surface area (Å²) in [6.07, 6.45) is 0.883. The zero-order valence-electron chi connectivity index (χ0n) is 11.4. The van der Waals surface area contributed by atoms with Crippen molar-refractivity contribution in [2.24, 2.45) is 5.73 Å². The molecule has 1 aromatic rings. The quantitative estimate of drug-likeness (QED) is 0.848. The molecular formula is C14H23BrN2O. The second-order valence-electron chi connectivity index (χ2n) is 5.50. The van der Waals surface area contributed by atoms with Crippen LogP contribution < -0.4 is 5.73 Å². The summed E-state index contributed by atoms with van der Waals surface area (Å²) in [7, 11) is 2.01. The van der Waals surface area contributed by atoms with Gasteiger partial charge in [-0.2, -0.15) is 0 Å². The number of hydrogen-bond donors (Lipinski definition) is 2. The molecule has 102 valence electrons. The van der Waals surface area contributed by atoms with E-state index in [0.717, 1.165) is 23.0 Å². The van der Waals surface area contributed by atoms with Crippen LogP contribution in [0.4, 0.5) is 0 Å². The molecule has 3 nitrogen and oxygen atoms in total. The molecule has 1 aromatic carbocycles. The van der Waals surface area contributed by atoms with Crippen molar-refractivity contribution >= 4 is 15.9 Å². The Labute approximate surface area is 118 Å². The SMILES string of the molecule is CN(CCC(N)c1ccc(Br)cc1)CC(C)(C)O. The normalized spacial score (nSPS) is 13.9. The molecule has 1 rings (SSSR count). The highest BCUT2D eigenvalue weighted by Crippen LogP contribution is 2.18. The van der Waals surface area contributed by atoms with Crippen LogP contribution in [0.25, 0.3) is 0 Å². The molecule has 18 heavy (non-hydrogen) atoms. The van der Waals surface area contributed by atoms with Gasteiger partial charge in [-0.3, -0.25) is 0 Å². The van der Waals surface area contributed by atoms with Crippen LogP contribution >= 0.6 is 15.9 Å². The maximum Gasteiger partial charge on any atom is 0.0718 e. The van der Waals surface area contributed by atoms with Gasteiger partial charge < -0.3 is 15.7 Å². The van der Waals surface area contributed by atoms with Gasteiger partial charge in [0, 0.05) is 17.1 Å². The van der Waals surface area contributed by atoms with Crippen molar-refractivity contribution < 1.29 is 5.11 Å². The Morgan fingerprint density at radius 3 is 2.39 bits per heavy atom. The first-order valence-corrected chi connectivity index (χ1v) is 6.99. The van der Waals surface area contributed by atoms with Crippen LogP contribution in [-0.4, -0.2) is 35.7 Å². The monoisotopic (exact) mass is 314 g/mol. The Balaban J connectivity index is 2.41. The number of aliphatic hydroxyl groups is 1. The third-order valence-corrected chi connectivity index (χ3v) is 3.31. The summed E-state index contributed by atoms with van der Waals surface area (Å²) in [5, 5.41) is 9.72. The summed E-state index contributed by atoms with van der Waals surface area (Å²) >= 11 is 3.41. The van der Waals surface area contributed by atoms with Crippen LogP contribution in [0.3, 0.4) is 0 Å². The Morgan fingerprint density at radius 2 is 1.89 bits per heavy atom. The number of halogens is 1. The molecule has 0 aliphatic rings. The fourth-order valence-corrected chi connectivity index (χ4v) is 2.24. The lowest BCUT2D eigenvalue weighted by Crippen LogP contribution is -2.37. The first-order valence-electron chi connectivity index (χ1n) is 6.20. The number of likely N-dealkylation sites (N-methyl/N-ethyl adjacent to an activating group) is 1. The number of nitrogens with two attached hydrogens (primary N) is 1. The second-order valence-corrected chi connectivity index (χ2v) is 6.41. The molecule has 0 radical (unpaired) electrons. The van der Waals surface area contributed by atoms with Crippen molar-refractivity contribution in [1.82, 2.24) is 4.90 Å². The predicted octanol–water partition coefficient (Wildman–Crippen LogP) is 2.54. The van der Waals surface area contributed by atoms with Gasteiger partial charge in [-0.05, 0) is 51.6 Å². The van der Waals surface area contributed by atoms with E-state index in [-0.39, 0.29) is 6.04 Å². The number of rotatable bonds is 6. The predicted molar refractivity (Wildman–Crippen MR) is 79.5 cm³/mol. The molecule has 0 spiro atoms. The van der Waals surface area contributed by atoms with Crippen LogP contribution in [0.5, 0.6) is 0 Å². The van der Waals surface area contributed by atoms with Crippen LogP contribution in [0.15, 0.2) is 28.7 Å². The number of benzene rings is 1. The van der Waals surface area contributed by atoms with E-state index < -0.39 is 5.60 Å². The van der Waals surface area contributed by atoms with E-state index in [1.807, 2.05) is 45.2 Å². The molecule has 0 fully saturated rings. The summed E-state index contributed by atoms with van der Waals surface area (Å²) in [5.74, 6) is 0. The highest BCUT2D eigenvalue weighted by molar-refractivity contribution is 9.10. The van der Waals surface area contributed by atoms with Crippen molar-refractivity contribution in [2.45, 2.75) is 31.9 Å². The molecule has 0 aromatic heterocycles. The fourth-order valence-electron chi connectivity index (χ4n) is 1.98. The number of nitrogens with zero attached hydrogens (tertiary/aromatic N) is 1. The first-order chi connectivity index (χ1) is 8.28. The van der Waals surface area contributed by atoms with Crippen molar-refractivity contribution in [1.29, 1.82) is 0 Å². The molecule has 4 heteroatoms. The Hall–Kier alpha value is -0.420. The third-order valence-electron chi connectivity index (χ3n) is 2.78. The lowest BCUT2D eigenvalue weighted by molar-refractivity contribution is 0.0438. The van der Waals surface area contributed by atoms with Crippen molar-refractivity contribution in [3.05, 3.63) is 34.3 Å². The minimum Gasteiger partial charge on any atom is -0.389 e. The van der Waals surface area contributed by atoms with E-state index in [9.17, 15) is 5.11 Å². The van der Waals surface area contributed by atoms with E-state index >= 15 is 0 Å². The van der Waals surface area contributed by atoms with Crippen molar-refractivity contribution in [3.63, 3.8) is 0 Å². The van der Waals surface area contributed by atoms with Gasteiger partial charge in [0.05, 0.1) is 5.60 Å². The average Bonchev–Trinajstić information content (AvgIpc) is 2.24. The molecular weight excluding hydrogens is 292 g/mol. The van der Waals surface area contributed by atoms with Gasteiger partial charge in [0.25, 0.3) is 0 Å². The molecule has 1 unspecified atom stereocenters. The molecule has 0 bridgehead atoms. The molecule has 0 amide bonds. The lowest BCUT2D eigenvalue weighted by Gasteiger charge is -2.26. The summed E-state index contributed by atoms with van der Waals surface area (Å²) in [4.78, 5) is 2.11. The van der Waals surface area contributed by atoms with Gasteiger partial charge in [-0.15, -0.1) is 0 Å². The van der Waals surface area contributed by atoms with Crippen LogP contribution in [0.1, 0.15) is 31.9 Å². The van der Waals surface area contributed by atoms with Crippen LogP contribution in [0, 0.1) is 0 Å². The molecule has 3 N–H and O–H groups in total. The van der Waals surface area contributed by atoms with Gasteiger partial charge in [0.1, 0.15) is 0 Å².